The highest BCUT2D eigenvalue weighted by Crippen LogP contribution is 2.32. The molecular formula is C27H37N3O3. The highest BCUT2D eigenvalue weighted by Gasteiger charge is 2.23. The molecule has 1 aromatic heterocycles. The van der Waals surface area contributed by atoms with Crippen molar-refractivity contribution in [2.45, 2.75) is 47.3 Å². The predicted molar refractivity (Wildman–Crippen MR) is 132 cm³/mol. The zero-order valence-electron chi connectivity index (χ0n) is 20.5. The van der Waals surface area contributed by atoms with Crippen LogP contribution in [0, 0.1) is 19.8 Å². The van der Waals surface area contributed by atoms with E-state index in [1.54, 1.807) is 0 Å². The largest absolute Gasteiger partial charge is 0.439 e. The third-order valence-corrected chi connectivity index (χ3v) is 5.33. The summed E-state index contributed by atoms with van der Waals surface area (Å²) in [7, 11) is 0. The minimum atomic E-state index is -0.547. The summed E-state index contributed by atoms with van der Waals surface area (Å²) in [4.78, 5) is 2.26. The summed E-state index contributed by atoms with van der Waals surface area (Å²) in [6.45, 7) is 13.3. The number of aliphatic hydroxyl groups excluding tert-OH is 1. The van der Waals surface area contributed by atoms with Crippen LogP contribution in [0.5, 0.6) is 11.6 Å². The van der Waals surface area contributed by atoms with Gasteiger partial charge in [-0.1, -0.05) is 44.2 Å². The molecule has 0 saturated heterocycles. The smallest absolute Gasteiger partial charge is 0.227 e. The maximum atomic E-state index is 10.5. The quantitative estimate of drug-likeness (QED) is 0.413. The zero-order valence-corrected chi connectivity index (χ0v) is 20.5. The van der Waals surface area contributed by atoms with Gasteiger partial charge in [0.1, 0.15) is 5.75 Å². The lowest BCUT2D eigenvalue weighted by Gasteiger charge is -2.27. The van der Waals surface area contributed by atoms with E-state index >= 15 is 0 Å². The summed E-state index contributed by atoms with van der Waals surface area (Å²) in [6.07, 6.45) is -0.547. The molecule has 0 spiro atoms. The molecule has 0 aliphatic heterocycles. The van der Waals surface area contributed by atoms with Crippen LogP contribution in [-0.4, -0.2) is 52.2 Å². The molecule has 0 saturated carbocycles. The first-order valence-corrected chi connectivity index (χ1v) is 11.7. The minimum Gasteiger partial charge on any atom is -0.439 e. The van der Waals surface area contributed by atoms with Gasteiger partial charge in [0.15, 0.2) is 0 Å². The van der Waals surface area contributed by atoms with E-state index in [0.717, 1.165) is 34.8 Å². The van der Waals surface area contributed by atoms with Gasteiger partial charge in [-0.15, -0.1) is 0 Å². The average Bonchev–Trinajstić information content (AvgIpc) is 3.07. The molecule has 1 unspecified atom stereocenters. The Morgan fingerprint density at radius 1 is 1.03 bits per heavy atom. The number of hydrogen-bond donors (Lipinski definition) is 1. The number of nitrogens with zero attached hydrogens (tertiary/aromatic N) is 3. The Bertz CT molecular complexity index is 1000. The van der Waals surface area contributed by atoms with Crippen LogP contribution in [0.2, 0.25) is 0 Å². The third kappa shape index (κ3) is 7.16. The molecule has 3 rings (SSSR count). The minimum absolute atomic E-state index is 0.333. The summed E-state index contributed by atoms with van der Waals surface area (Å²) in [5.74, 6) is 1.94. The van der Waals surface area contributed by atoms with Crippen molar-refractivity contribution in [2.24, 2.45) is 5.92 Å². The molecule has 3 aromatic rings. The fraction of sp³-hybridized carbons (Fsp3) is 0.444. The van der Waals surface area contributed by atoms with Gasteiger partial charge in [0, 0.05) is 26.2 Å². The van der Waals surface area contributed by atoms with Crippen LogP contribution in [0.3, 0.4) is 0 Å². The number of aromatic nitrogens is 2. The highest BCUT2D eigenvalue weighted by molar-refractivity contribution is 5.43. The van der Waals surface area contributed by atoms with Crippen LogP contribution in [0.25, 0.3) is 5.69 Å². The Kier molecular flexibility index (Phi) is 9.06. The van der Waals surface area contributed by atoms with Gasteiger partial charge in [-0.2, -0.15) is 5.10 Å². The van der Waals surface area contributed by atoms with Gasteiger partial charge >= 0.3 is 0 Å². The van der Waals surface area contributed by atoms with E-state index in [1.807, 2.05) is 67.1 Å². The number of rotatable bonds is 12. The van der Waals surface area contributed by atoms with Gasteiger partial charge in [0.05, 0.1) is 29.7 Å². The highest BCUT2D eigenvalue weighted by atomic mass is 16.5. The topological polar surface area (TPSA) is 59.8 Å². The molecule has 0 amide bonds. The van der Waals surface area contributed by atoms with E-state index < -0.39 is 6.10 Å². The molecule has 178 valence electrons. The molecule has 1 N–H and O–H groups in total. The van der Waals surface area contributed by atoms with Crippen LogP contribution in [0.1, 0.15) is 37.6 Å². The number of hydrogen-bond acceptors (Lipinski definition) is 5. The van der Waals surface area contributed by atoms with E-state index in [9.17, 15) is 5.11 Å². The monoisotopic (exact) mass is 451 g/mol. The van der Waals surface area contributed by atoms with Crippen LogP contribution in [-0.2, 0) is 11.3 Å². The number of aryl methyl sites for hydroxylation is 2. The maximum Gasteiger partial charge on any atom is 0.227 e. The Labute approximate surface area is 197 Å². The van der Waals surface area contributed by atoms with E-state index in [2.05, 4.69) is 31.7 Å². The number of para-hydroxylation sites is 1. The lowest BCUT2D eigenvalue weighted by Crippen LogP contribution is -2.37. The summed E-state index contributed by atoms with van der Waals surface area (Å²) in [5.41, 5.74) is 4.01. The Hall–Kier alpha value is -2.67. The van der Waals surface area contributed by atoms with Crippen molar-refractivity contribution < 1.29 is 14.6 Å². The van der Waals surface area contributed by atoms with E-state index in [1.165, 1.54) is 0 Å². The summed E-state index contributed by atoms with van der Waals surface area (Å²) in [5, 5.41) is 15.3. The second-order valence-electron chi connectivity index (χ2n) is 8.94. The van der Waals surface area contributed by atoms with Gasteiger partial charge in [-0.25, -0.2) is 4.68 Å². The zero-order chi connectivity index (χ0) is 23.8. The molecule has 0 fully saturated rings. The Morgan fingerprint density at radius 3 is 2.45 bits per heavy atom. The molecule has 6 nitrogen and oxygen atoms in total. The standard InChI is InChI=1S/C27H37N3O3/c1-6-32-19-24(31)17-29(16-20(2)3)18-26-22(5)28-30(23-12-8-7-9-13-23)27(26)33-25-14-10-11-21(4)15-25/h7-15,20,24,31H,6,16-19H2,1-5H3. The van der Waals surface area contributed by atoms with Crippen LogP contribution in [0.15, 0.2) is 54.6 Å². The molecule has 0 bridgehead atoms. The predicted octanol–water partition coefficient (Wildman–Crippen LogP) is 5.14. The first-order chi connectivity index (χ1) is 15.9. The molecule has 2 aromatic carbocycles. The SMILES string of the molecule is CCOCC(O)CN(Cc1c(C)nn(-c2ccccc2)c1Oc1cccc(C)c1)CC(C)C. The van der Waals surface area contributed by atoms with Crippen LogP contribution in [0.4, 0.5) is 0 Å². The van der Waals surface area contributed by atoms with Gasteiger partial charge in [-0.05, 0) is 56.5 Å². The molecule has 6 heteroatoms. The molecule has 33 heavy (non-hydrogen) atoms. The normalized spacial score (nSPS) is 12.5. The summed E-state index contributed by atoms with van der Waals surface area (Å²) >= 11 is 0. The Morgan fingerprint density at radius 2 is 1.79 bits per heavy atom. The van der Waals surface area contributed by atoms with Gasteiger partial charge in [0.25, 0.3) is 0 Å². The second kappa shape index (κ2) is 12.0. The maximum absolute atomic E-state index is 10.5. The van der Waals surface area contributed by atoms with E-state index in [4.69, 9.17) is 14.6 Å². The van der Waals surface area contributed by atoms with Gasteiger partial charge in [-0.3, -0.25) is 4.90 Å². The second-order valence-corrected chi connectivity index (χ2v) is 8.94. The van der Waals surface area contributed by atoms with Crippen molar-refractivity contribution in [2.75, 3.05) is 26.3 Å². The fourth-order valence-electron chi connectivity index (χ4n) is 3.91. The number of benzene rings is 2. The molecule has 0 radical (unpaired) electrons. The summed E-state index contributed by atoms with van der Waals surface area (Å²) in [6, 6.07) is 18.1. The van der Waals surface area contributed by atoms with Crippen molar-refractivity contribution in [3.8, 4) is 17.3 Å². The lowest BCUT2D eigenvalue weighted by molar-refractivity contribution is 0.0173. The number of ether oxygens (including phenoxy) is 2. The first kappa shape index (κ1) is 25.0. The third-order valence-electron chi connectivity index (χ3n) is 5.33. The molecular weight excluding hydrogens is 414 g/mol. The fourth-order valence-corrected chi connectivity index (χ4v) is 3.91. The van der Waals surface area contributed by atoms with Crippen molar-refractivity contribution in [1.29, 1.82) is 0 Å². The van der Waals surface area contributed by atoms with Gasteiger partial charge < -0.3 is 14.6 Å². The van der Waals surface area contributed by atoms with Crippen molar-refractivity contribution in [3.05, 3.63) is 71.4 Å². The molecule has 0 aliphatic carbocycles. The Balaban J connectivity index is 1.97. The molecule has 1 heterocycles. The molecule has 0 aliphatic rings. The van der Waals surface area contributed by atoms with Crippen molar-refractivity contribution in [3.63, 3.8) is 0 Å². The number of aliphatic hydroxyl groups is 1. The summed E-state index contributed by atoms with van der Waals surface area (Å²) < 4.78 is 13.8. The van der Waals surface area contributed by atoms with Crippen LogP contribution >= 0.6 is 0 Å². The van der Waals surface area contributed by atoms with Gasteiger partial charge in [0.2, 0.25) is 5.88 Å². The molecule has 1 atom stereocenters. The van der Waals surface area contributed by atoms with E-state index in [0.29, 0.717) is 38.1 Å². The van der Waals surface area contributed by atoms with Crippen LogP contribution < -0.4 is 4.74 Å². The van der Waals surface area contributed by atoms with Crippen molar-refractivity contribution >= 4 is 0 Å². The van der Waals surface area contributed by atoms with E-state index in [-0.39, 0.29) is 0 Å². The first-order valence-electron chi connectivity index (χ1n) is 11.7. The average molecular weight is 452 g/mol. The van der Waals surface area contributed by atoms with Crippen molar-refractivity contribution in [1.82, 2.24) is 14.7 Å². The lowest BCUT2D eigenvalue weighted by atomic mass is 10.1.